The van der Waals surface area contributed by atoms with Crippen molar-refractivity contribution >= 4 is 5.78 Å². The van der Waals surface area contributed by atoms with Gasteiger partial charge in [-0.1, -0.05) is 0 Å². The highest BCUT2D eigenvalue weighted by Gasteiger charge is 2.20. The summed E-state index contributed by atoms with van der Waals surface area (Å²) in [5.41, 5.74) is 2.36. The van der Waals surface area contributed by atoms with E-state index in [1.54, 1.807) is 0 Å². The summed E-state index contributed by atoms with van der Waals surface area (Å²) in [6, 6.07) is 3.26. The predicted octanol–water partition coefficient (Wildman–Crippen LogP) is 3.23. The SMILES string of the molecule is Cc1nc2c(n1CC(=O)c1ccc(F)c(F)c1)CCCC2. The van der Waals surface area contributed by atoms with Gasteiger partial charge in [-0.3, -0.25) is 4.79 Å². The van der Waals surface area contributed by atoms with E-state index in [4.69, 9.17) is 0 Å². The molecule has 0 saturated carbocycles. The number of halogens is 2. The lowest BCUT2D eigenvalue weighted by Crippen LogP contribution is -2.16. The second kappa shape index (κ2) is 5.39. The number of hydrogen-bond donors (Lipinski definition) is 0. The number of imidazole rings is 1. The fourth-order valence-corrected chi connectivity index (χ4v) is 2.85. The molecular weight excluding hydrogens is 274 g/mol. The average Bonchev–Trinajstić information content (AvgIpc) is 2.78. The summed E-state index contributed by atoms with van der Waals surface area (Å²) in [7, 11) is 0. The molecule has 0 N–H and O–H groups in total. The number of aromatic nitrogens is 2. The lowest BCUT2D eigenvalue weighted by molar-refractivity contribution is 0.0969. The van der Waals surface area contributed by atoms with Crippen molar-refractivity contribution in [3.05, 3.63) is 52.6 Å². The molecule has 3 nitrogen and oxygen atoms in total. The summed E-state index contributed by atoms with van der Waals surface area (Å²) in [5.74, 6) is -1.37. The second-order valence-electron chi connectivity index (χ2n) is 5.40. The van der Waals surface area contributed by atoms with E-state index < -0.39 is 11.6 Å². The number of rotatable bonds is 3. The number of aryl methyl sites for hydroxylation is 2. The zero-order valence-corrected chi connectivity index (χ0v) is 11.8. The first kappa shape index (κ1) is 13.9. The Labute approximate surface area is 121 Å². The monoisotopic (exact) mass is 290 g/mol. The van der Waals surface area contributed by atoms with E-state index in [2.05, 4.69) is 4.98 Å². The largest absolute Gasteiger partial charge is 0.324 e. The quantitative estimate of drug-likeness (QED) is 0.813. The van der Waals surface area contributed by atoms with Crippen LogP contribution >= 0.6 is 0 Å². The zero-order chi connectivity index (χ0) is 15.0. The van der Waals surface area contributed by atoms with Crippen molar-refractivity contribution in [1.29, 1.82) is 0 Å². The molecule has 0 amide bonds. The number of Topliss-reactive ketones (excluding diaryl/α,β-unsaturated/α-hetero) is 1. The summed E-state index contributed by atoms with van der Waals surface area (Å²) >= 11 is 0. The Kier molecular flexibility index (Phi) is 3.57. The summed E-state index contributed by atoms with van der Waals surface area (Å²) in [6.07, 6.45) is 4.09. The van der Waals surface area contributed by atoms with Crippen LogP contribution in [0.3, 0.4) is 0 Å². The lowest BCUT2D eigenvalue weighted by Gasteiger charge is -2.14. The first-order valence-electron chi connectivity index (χ1n) is 7.09. The number of ketones is 1. The Morgan fingerprint density at radius 1 is 1.24 bits per heavy atom. The van der Waals surface area contributed by atoms with Crippen LogP contribution in [0.1, 0.15) is 40.4 Å². The average molecular weight is 290 g/mol. The molecule has 1 aliphatic rings. The molecule has 5 heteroatoms. The van der Waals surface area contributed by atoms with E-state index in [1.165, 1.54) is 6.07 Å². The molecule has 21 heavy (non-hydrogen) atoms. The number of carbonyl (C=O) groups is 1. The van der Waals surface area contributed by atoms with Crippen LogP contribution in [0.25, 0.3) is 0 Å². The van der Waals surface area contributed by atoms with Gasteiger partial charge in [0.25, 0.3) is 0 Å². The fourth-order valence-electron chi connectivity index (χ4n) is 2.85. The van der Waals surface area contributed by atoms with Gasteiger partial charge in [-0.25, -0.2) is 13.8 Å². The van der Waals surface area contributed by atoms with E-state index in [-0.39, 0.29) is 17.9 Å². The van der Waals surface area contributed by atoms with Gasteiger partial charge in [-0.15, -0.1) is 0 Å². The number of benzene rings is 1. The summed E-state index contributed by atoms with van der Waals surface area (Å²) in [6.45, 7) is 2.00. The zero-order valence-electron chi connectivity index (χ0n) is 11.8. The third-order valence-electron chi connectivity index (χ3n) is 3.97. The number of carbonyl (C=O) groups excluding carboxylic acids is 1. The van der Waals surface area contributed by atoms with Crippen LogP contribution in [0.4, 0.5) is 8.78 Å². The molecule has 1 aromatic carbocycles. The topological polar surface area (TPSA) is 34.9 Å². The maximum absolute atomic E-state index is 13.2. The maximum atomic E-state index is 13.2. The molecule has 110 valence electrons. The molecule has 2 aromatic rings. The maximum Gasteiger partial charge on any atom is 0.182 e. The van der Waals surface area contributed by atoms with E-state index in [0.29, 0.717) is 0 Å². The fraction of sp³-hybridized carbons (Fsp3) is 0.375. The predicted molar refractivity (Wildman–Crippen MR) is 74.3 cm³/mol. The first-order chi connectivity index (χ1) is 10.1. The minimum absolute atomic E-state index is 0.124. The highest BCUT2D eigenvalue weighted by molar-refractivity contribution is 5.96. The van der Waals surface area contributed by atoms with Crippen molar-refractivity contribution in [2.24, 2.45) is 0 Å². The highest BCUT2D eigenvalue weighted by Crippen LogP contribution is 2.22. The van der Waals surface area contributed by atoms with Crippen LogP contribution in [0.15, 0.2) is 18.2 Å². The van der Waals surface area contributed by atoms with E-state index in [1.807, 2.05) is 11.5 Å². The molecule has 0 saturated heterocycles. The standard InChI is InChI=1S/C16H16F2N2O/c1-10-19-14-4-2-3-5-15(14)20(10)9-16(21)11-6-7-12(17)13(18)8-11/h6-8H,2-5,9H2,1H3. The smallest absolute Gasteiger partial charge is 0.182 e. The molecule has 1 aliphatic carbocycles. The van der Waals surface area contributed by atoms with Gasteiger partial charge in [-0.05, 0) is 50.8 Å². The molecule has 0 aliphatic heterocycles. The van der Waals surface area contributed by atoms with Gasteiger partial charge in [0.1, 0.15) is 5.82 Å². The van der Waals surface area contributed by atoms with Crippen molar-refractivity contribution in [3.63, 3.8) is 0 Å². The highest BCUT2D eigenvalue weighted by atomic mass is 19.2. The van der Waals surface area contributed by atoms with Gasteiger partial charge < -0.3 is 4.57 Å². The second-order valence-corrected chi connectivity index (χ2v) is 5.40. The minimum atomic E-state index is -0.995. The molecule has 1 aromatic heterocycles. The van der Waals surface area contributed by atoms with Crippen molar-refractivity contribution in [2.75, 3.05) is 0 Å². The van der Waals surface area contributed by atoms with E-state index in [9.17, 15) is 13.6 Å². The van der Waals surface area contributed by atoms with E-state index >= 15 is 0 Å². The van der Waals surface area contributed by atoms with Crippen LogP contribution in [-0.4, -0.2) is 15.3 Å². The number of hydrogen-bond acceptors (Lipinski definition) is 2. The molecule has 0 unspecified atom stereocenters. The van der Waals surface area contributed by atoms with Crippen LogP contribution in [0.5, 0.6) is 0 Å². The molecule has 1 heterocycles. The Balaban J connectivity index is 1.88. The number of fused-ring (bicyclic) bond motifs is 1. The molecule has 0 fully saturated rings. The number of nitrogens with zero attached hydrogens (tertiary/aromatic N) is 2. The Hall–Kier alpha value is -2.04. The summed E-state index contributed by atoms with van der Waals surface area (Å²) in [5, 5.41) is 0. The Bertz CT molecular complexity index is 707. The third-order valence-corrected chi connectivity index (χ3v) is 3.97. The van der Waals surface area contributed by atoms with Crippen molar-refractivity contribution in [3.8, 4) is 0 Å². The lowest BCUT2D eigenvalue weighted by atomic mass is 10.0. The minimum Gasteiger partial charge on any atom is -0.324 e. The van der Waals surface area contributed by atoms with Crippen molar-refractivity contribution in [2.45, 2.75) is 39.2 Å². The van der Waals surface area contributed by atoms with Crippen LogP contribution in [0, 0.1) is 18.6 Å². The van der Waals surface area contributed by atoms with Crippen molar-refractivity contribution in [1.82, 2.24) is 9.55 Å². The molecule has 3 rings (SSSR count). The normalized spacial score (nSPS) is 14.0. The van der Waals surface area contributed by atoms with E-state index in [0.717, 1.165) is 55.0 Å². The Morgan fingerprint density at radius 3 is 2.76 bits per heavy atom. The van der Waals surface area contributed by atoms with Crippen LogP contribution < -0.4 is 0 Å². The van der Waals surface area contributed by atoms with Gasteiger partial charge in [0.2, 0.25) is 0 Å². The Morgan fingerprint density at radius 2 is 2.00 bits per heavy atom. The van der Waals surface area contributed by atoms with Gasteiger partial charge in [-0.2, -0.15) is 0 Å². The molecule has 0 radical (unpaired) electrons. The molecule has 0 spiro atoms. The third kappa shape index (κ3) is 2.60. The van der Waals surface area contributed by atoms with Gasteiger partial charge in [0.05, 0.1) is 12.2 Å². The van der Waals surface area contributed by atoms with Gasteiger partial charge >= 0.3 is 0 Å². The molecule has 0 atom stereocenters. The van der Waals surface area contributed by atoms with Crippen molar-refractivity contribution < 1.29 is 13.6 Å². The molecular formula is C16H16F2N2O. The summed E-state index contributed by atoms with van der Waals surface area (Å²) < 4.78 is 28.1. The first-order valence-corrected chi connectivity index (χ1v) is 7.09. The van der Waals surface area contributed by atoms with Crippen LogP contribution in [0.2, 0.25) is 0 Å². The van der Waals surface area contributed by atoms with Crippen LogP contribution in [-0.2, 0) is 19.4 Å². The van der Waals surface area contributed by atoms with Gasteiger partial charge in [0, 0.05) is 11.3 Å². The van der Waals surface area contributed by atoms with Gasteiger partial charge in [0.15, 0.2) is 17.4 Å². The summed E-state index contributed by atoms with van der Waals surface area (Å²) in [4.78, 5) is 16.8. The molecule has 0 bridgehead atoms.